The molecule has 0 aliphatic carbocycles. The molecule has 2 aromatic rings. The Bertz CT molecular complexity index is 755. The summed E-state index contributed by atoms with van der Waals surface area (Å²) >= 11 is 0. The lowest BCUT2D eigenvalue weighted by atomic mass is 10.0. The molecule has 2 N–H and O–H groups in total. The van der Waals surface area contributed by atoms with Crippen LogP contribution in [-0.2, 0) is 4.79 Å². The number of carbonyl (C=O) groups excluding carboxylic acids is 1. The zero-order valence-electron chi connectivity index (χ0n) is 16.3. The SMILES string of the molecule is COc1cc(C)c(N[C@H](C)C(=O)Nc2ccc(C(C)C)cc2)cc1OC. The van der Waals surface area contributed by atoms with Gasteiger partial charge in [0.05, 0.1) is 14.2 Å². The Labute approximate surface area is 155 Å². The minimum atomic E-state index is -0.406. The number of ether oxygens (including phenoxy) is 2. The maximum absolute atomic E-state index is 12.5. The number of benzene rings is 2. The summed E-state index contributed by atoms with van der Waals surface area (Å²) in [6.45, 7) is 8.07. The first-order valence-corrected chi connectivity index (χ1v) is 8.75. The van der Waals surface area contributed by atoms with Gasteiger partial charge in [-0.1, -0.05) is 26.0 Å². The molecule has 5 nitrogen and oxygen atoms in total. The monoisotopic (exact) mass is 356 g/mol. The van der Waals surface area contributed by atoms with E-state index in [-0.39, 0.29) is 5.91 Å². The van der Waals surface area contributed by atoms with E-state index < -0.39 is 6.04 Å². The van der Waals surface area contributed by atoms with Gasteiger partial charge in [0.15, 0.2) is 11.5 Å². The largest absolute Gasteiger partial charge is 0.493 e. The number of hydrogen-bond acceptors (Lipinski definition) is 4. The molecule has 1 atom stereocenters. The molecule has 0 bridgehead atoms. The first-order chi connectivity index (χ1) is 12.3. The molecule has 0 unspecified atom stereocenters. The fourth-order valence-corrected chi connectivity index (χ4v) is 2.64. The van der Waals surface area contributed by atoms with E-state index in [0.29, 0.717) is 17.4 Å². The van der Waals surface area contributed by atoms with Crippen LogP contribution in [0.3, 0.4) is 0 Å². The number of amides is 1. The van der Waals surface area contributed by atoms with Crippen LogP contribution in [0.2, 0.25) is 0 Å². The Hall–Kier alpha value is -2.69. The van der Waals surface area contributed by atoms with Crippen molar-refractivity contribution in [3.63, 3.8) is 0 Å². The van der Waals surface area contributed by atoms with Crippen molar-refractivity contribution in [3.05, 3.63) is 47.5 Å². The Balaban J connectivity index is 2.07. The van der Waals surface area contributed by atoms with E-state index in [1.54, 1.807) is 14.2 Å². The minimum Gasteiger partial charge on any atom is -0.493 e. The topological polar surface area (TPSA) is 59.6 Å². The van der Waals surface area contributed by atoms with Crippen molar-refractivity contribution in [1.29, 1.82) is 0 Å². The molecule has 0 saturated heterocycles. The van der Waals surface area contributed by atoms with E-state index >= 15 is 0 Å². The summed E-state index contributed by atoms with van der Waals surface area (Å²) in [5.41, 5.74) is 3.84. The van der Waals surface area contributed by atoms with Gasteiger partial charge in [-0.05, 0) is 49.1 Å². The molecule has 26 heavy (non-hydrogen) atoms. The highest BCUT2D eigenvalue weighted by atomic mass is 16.5. The van der Waals surface area contributed by atoms with Crippen LogP contribution in [0.5, 0.6) is 11.5 Å². The summed E-state index contributed by atoms with van der Waals surface area (Å²) in [6.07, 6.45) is 0. The molecule has 140 valence electrons. The van der Waals surface area contributed by atoms with Crippen LogP contribution in [0.15, 0.2) is 36.4 Å². The van der Waals surface area contributed by atoms with Crippen molar-refractivity contribution in [3.8, 4) is 11.5 Å². The maximum atomic E-state index is 12.5. The molecule has 0 aromatic heterocycles. The Kier molecular flexibility index (Phi) is 6.50. The van der Waals surface area contributed by atoms with Gasteiger partial charge in [-0.25, -0.2) is 0 Å². The Morgan fingerprint density at radius 3 is 2.08 bits per heavy atom. The predicted molar refractivity (Wildman–Crippen MR) is 107 cm³/mol. The van der Waals surface area contributed by atoms with Gasteiger partial charge in [-0.3, -0.25) is 4.79 Å². The summed E-state index contributed by atoms with van der Waals surface area (Å²) in [5.74, 6) is 1.65. The number of carbonyl (C=O) groups is 1. The number of aryl methyl sites for hydroxylation is 1. The number of rotatable bonds is 7. The van der Waals surface area contributed by atoms with Gasteiger partial charge in [0.2, 0.25) is 5.91 Å². The van der Waals surface area contributed by atoms with E-state index in [4.69, 9.17) is 9.47 Å². The van der Waals surface area contributed by atoms with Crippen molar-refractivity contribution < 1.29 is 14.3 Å². The lowest BCUT2D eigenvalue weighted by Gasteiger charge is -2.19. The quantitative estimate of drug-likeness (QED) is 0.763. The fourth-order valence-electron chi connectivity index (χ4n) is 2.64. The maximum Gasteiger partial charge on any atom is 0.246 e. The third-order valence-corrected chi connectivity index (χ3v) is 4.34. The molecule has 5 heteroatoms. The van der Waals surface area contributed by atoms with E-state index in [2.05, 4.69) is 24.5 Å². The highest BCUT2D eigenvalue weighted by Crippen LogP contribution is 2.33. The van der Waals surface area contributed by atoms with Crippen LogP contribution in [0.1, 0.15) is 37.8 Å². The van der Waals surface area contributed by atoms with Crippen molar-refractivity contribution >= 4 is 17.3 Å². The van der Waals surface area contributed by atoms with Gasteiger partial charge < -0.3 is 20.1 Å². The van der Waals surface area contributed by atoms with Crippen LogP contribution in [-0.4, -0.2) is 26.2 Å². The molecule has 0 spiro atoms. The Morgan fingerprint density at radius 2 is 1.54 bits per heavy atom. The fraction of sp³-hybridized carbons (Fsp3) is 0.381. The summed E-state index contributed by atoms with van der Waals surface area (Å²) < 4.78 is 10.6. The highest BCUT2D eigenvalue weighted by Gasteiger charge is 2.16. The van der Waals surface area contributed by atoms with Crippen LogP contribution < -0.4 is 20.1 Å². The van der Waals surface area contributed by atoms with E-state index in [9.17, 15) is 4.79 Å². The standard InChI is InChI=1S/C21H28N2O3/c1-13(2)16-7-9-17(10-8-16)23-21(24)15(4)22-18-12-20(26-6)19(25-5)11-14(18)3/h7-13,15,22H,1-6H3,(H,23,24)/t15-/m1/s1. The first-order valence-electron chi connectivity index (χ1n) is 8.75. The first kappa shape index (κ1) is 19.6. The molecule has 0 radical (unpaired) electrons. The van der Waals surface area contributed by atoms with Crippen LogP contribution in [0.4, 0.5) is 11.4 Å². The second kappa shape index (κ2) is 8.61. The number of nitrogens with one attached hydrogen (secondary N) is 2. The van der Waals surface area contributed by atoms with Gasteiger partial charge in [-0.15, -0.1) is 0 Å². The second-order valence-electron chi connectivity index (χ2n) is 6.65. The van der Waals surface area contributed by atoms with E-state index in [1.165, 1.54) is 5.56 Å². The molecule has 0 fully saturated rings. The number of methoxy groups -OCH3 is 2. The predicted octanol–water partition coefficient (Wildman–Crippen LogP) is 4.57. The lowest BCUT2D eigenvalue weighted by Crippen LogP contribution is -2.32. The molecule has 0 aliphatic heterocycles. The number of anilines is 2. The van der Waals surface area contributed by atoms with Gasteiger partial charge in [-0.2, -0.15) is 0 Å². The molecular formula is C21H28N2O3. The van der Waals surface area contributed by atoms with Gasteiger partial charge in [0.1, 0.15) is 6.04 Å². The third kappa shape index (κ3) is 4.69. The molecule has 2 rings (SSSR count). The molecule has 1 amide bonds. The molecule has 2 aromatic carbocycles. The van der Waals surface area contributed by atoms with E-state index in [0.717, 1.165) is 16.9 Å². The van der Waals surface area contributed by atoms with Crippen molar-refractivity contribution in [2.24, 2.45) is 0 Å². The van der Waals surface area contributed by atoms with Crippen molar-refractivity contribution in [1.82, 2.24) is 0 Å². The van der Waals surface area contributed by atoms with Gasteiger partial charge in [0.25, 0.3) is 0 Å². The van der Waals surface area contributed by atoms with Gasteiger partial charge >= 0.3 is 0 Å². The third-order valence-electron chi connectivity index (χ3n) is 4.34. The van der Waals surface area contributed by atoms with Crippen molar-refractivity contribution in [2.75, 3.05) is 24.9 Å². The van der Waals surface area contributed by atoms with Gasteiger partial charge in [0, 0.05) is 17.4 Å². The normalized spacial score (nSPS) is 11.8. The molecule has 0 heterocycles. The summed E-state index contributed by atoms with van der Waals surface area (Å²) in [5, 5.41) is 6.18. The average molecular weight is 356 g/mol. The summed E-state index contributed by atoms with van der Waals surface area (Å²) in [6, 6.07) is 11.3. The average Bonchev–Trinajstić information content (AvgIpc) is 2.63. The molecular weight excluding hydrogens is 328 g/mol. The van der Waals surface area contributed by atoms with Crippen LogP contribution >= 0.6 is 0 Å². The number of hydrogen-bond donors (Lipinski definition) is 2. The minimum absolute atomic E-state index is 0.100. The Morgan fingerprint density at radius 1 is 0.962 bits per heavy atom. The summed E-state index contributed by atoms with van der Waals surface area (Å²) in [4.78, 5) is 12.5. The zero-order chi connectivity index (χ0) is 19.3. The zero-order valence-corrected chi connectivity index (χ0v) is 16.3. The van der Waals surface area contributed by atoms with Crippen LogP contribution in [0, 0.1) is 6.92 Å². The smallest absolute Gasteiger partial charge is 0.246 e. The molecule has 0 aliphatic rings. The second-order valence-corrected chi connectivity index (χ2v) is 6.65. The lowest BCUT2D eigenvalue weighted by molar-refractivity contribution is -0.116. The van der Waals surface area contributed by atoms with E-state index in [1.807, 2.05) is 50.2 Å². The van der Waals surface area contributed by atoms with Crippen molar-refractivity contribution in [2.45, 2.75) is 39.7 Å². The molecule has 0 saturated carbocycles. The highest BCUT2D eigenvalue weighted by molar-refractivity contribution is 5.96. The van der Waals surface area contributed by atoms with Crippen LogP contribution in [0.25, 0.3) is 0 Å². The summed E-state index contributed by atoms with van der Waals surface area (Å²) in [7, 11) is 3.19.